The molecule has 1 N–H and O–H groups in total. The van der Waals surface area contributed by atoms with E-state index in [4.69, 9.17) is 4.74 Å². The predicted molar refractivity (Wildman–Crippen MR) is 107 cm³/mol. The number of hydrogen-bond donors (Lipinski definition) is 1. The van der Waals surface area contributed by atoms with E-state index in [0.717, 1.165) is 12.1 Å². The number of aromatic nitrogens is 3. The maximum atomic E-state index is 13.0. The first kappa shape index (κ1) is 19.8. The number of fused-ring (bicyclic) bond motifs is 1. The molecule has 0 aliphatic carbocycles. The number of nitrogens with one attached hydrogen (secondary N) is 1. The van der Waals surface area contributed by atoms with Gasteiger partial charge in [-0.1, -0.05) is 18.2 Å². The number of nitrogens with zero attached hydrogens (tertiary/aromatic N) is 3. The Morgan fingerprint density at radius 2 is 1.90 bits per heavy atom. The number of thiazole rings is 1. The first-order valence-electron chi connectivity index (χ1n) is 8.59. The monoisotopic (exact) mass is 430 g/mol. The molecule has 0 radical (unpaired) electrons. The third-order valence-electron chi connectivity index (χ3n) is 4.19. The van der Waals surface area contributed by atoms with Crippen molar-refractivity contribution in [3.8, 4) is 11.4 Å². The maximum Gasteiger partial charge on any atom is 0.416 e. The summed E-state index contributed by atoms with van der Waals surface area (Å²) in [6, 6.07) is 11.4. The van der Waals surface area contributed by atoms with Crippen molar-refractivity contribution in [2.75, 3.05) is 12.4 Å². The minimum Gasteiger partial charge on any atom is -0.465 e. The van der Waals surface area contributed by atoms with Crippen molar-refractivity contribution < 1.29 is 22.7 Å². The normalized spacial score (nSPS) is 11.5. The van der Waals surface area contributed by atoms with Gasteiger partial charge in [0.15, 0.2) is 11.6 Å². The van der Waals surface area contributed by atoms with E-state index in [-0.39, 0.29) is 11.5 Å². The van der Waals surface area contributed by atoms with E-state index in [2.05, 4.69) is 20.3 Å². The molecule has 0 saturated heterocycles. The second-order valence-corrected chi connectivity index (χ2v) is 7.01. The quantitative estimate of drug-likeness (QED) is 0.443. The van der Waals surface area contributed by atoms with E-state index in [1.165, 1.54) is 30.6 Å². The zero-order valence-corrected chi connectivity index (χ0v) is 16.2. The van der Waals surface area contributed by atoms with E-state index in [1.54, 1.807) is 29.8 Å². The van der Waals surface area contributed by atoms with Crippen LogP contribution in [0.3, 0.4) is 0 Å². The fourth-order valence-corrected chi connectivity index (χ4v) is 3.45. The topological polar surface area (TPSA) is 77.0 Å². The first-order chi connectivity index (χ1) is 14.3. The average Bonchev–Trinajstić information content (AvgIpc) is 3.22. The Morgan fingerprint density at radius 1 is 1.10 bits per heavy atom. The summed E-state index contributed by atoms with van der Waals surface area (Å²) in [5, 5.41) is 2.91. The van der Waals surface area contributed by atoms with Gasteiger partial charge >= 0.3 is 12.1 Å². The number of rotatable bonds is 4. The fraction of sp³-hybridized carbons (Fsp3) is 0.100. The highest BCUT2D eigenvalue weighted by Crippen LogP contribution is 2.33. The Hall–Kier alpha value is -3.53. The summed E-state index contributed by atoms with van der Waals surface area (Å²) in [6.45, 7) is 0. The fourth-order valence-electron chi connectivity index (χ4n) is 2.79. The molecule has 0 unspecified atom stereocenters. The van der Waals surface area contributed by atoms with Gasteiger partial charge in [-0.15, -0.1) is 11.3 Å². The minimum atomic E-state index is -4.46. The number of benzene rings is 2. The van der Waals surface area contributed by atoms with Gasteiger partial charge in [-0.3, -0.25) is 0 Å². The first-order valence-corrected chi connectivity index (χ1v) is 9.47. The summed E-state index contributed by atoms with van der Waals surface area (Å²) in [5.74, 6) is 0.0593. The van der Waals surface area contributed by atoms with Gasteiger partial charge in [0, 0.05) is 11.3 Å². The highest BCUT2D eigenvalue weighted by atomic mass is 32.1. The Morgan fingerprint density at radius 3 is 2.67 bits per heavy atom. The number of hydrogen-bond acceptors (Lipinski definition) is 7. The minimum absolute atomic E-state index is 0.215. The lowest BCUT2D eigenvalue weighted by Gasteiger charge is -2.11. The highest BCUT2D eigenvalue weighted by Gasteiger charge is 2.30. The number of anilines is 2. The van der Waals surface area contributed by atoms with Crippen LogP contribution in [-0.4, -0.2) is 28.0 Å². The van der Waals surface area contributed by atoms with Gasteiger partial charge in [-0.2, -0.15) is 13.2 Å². The van der Waals surface area contributed by atoms with Gasteiger partial charge in [-0.25, -0.2) is 19.7 Å². The summed E-state index contributed by atoms with van der Waals surface area (Å²) in [6.07, 6.45) is -4.46. The molecular formula is C20H13F3N4O2S. The molecule has 0 saturated carbocycles. The van der Waals surface area contributed by atoms with Crippen molar-refractivity contribution >= 4 is 39.2 Å². The van der Waals surface area contributed by atoms with Crippen LogP contribution in [0.5, 0.6) is 0 Å². The van der Waals surface area contributed by atoms with Gasteiger partial charge in [0.25, 0.3) is 0 Å². The lowest BCUT2D eigenvalue weighted by Crippen LogP contribution is -2.06. The van der Waals surface area contributed by atoms with Crippen LogP contribution in [0, 0.1) is 0 Å². The van der Waals surface area contributed by atoms with E-state index >= 15 is 0 Å². The number of carbonyl (C=O) groups is 1. The Labute approximate surface area is 172 Å². The van der Waals surface area contributed by atoms with Crippen LogP contribution < -0.4 is 5.32 Å². The Kier molecular flexibility index (Phi) is 5.08. The van der Waals surface area contributed by atoms with E-state index < -0.39 is 17.7 Å². The number of esters is 1. The molecule has 6 nitrogen and oxygen atoms in total. The zero-order valence-electron chi connectivity index (χ0n) is 15.4. The molecule has 2 aromatic carbocycles. The SMILES string of the molecule is COC(=O)c1cccc(-c2nc(Nc3cccc(C(F)(F)F)c3)c3ncsc3n2)c1. The van der Waals surface area contributed by atoms with Gasteiger partial charge in [0.05, 0.1) is 23.7 Å². The van der Waals surface area contributed by atoms with Gasteiger partial charge in [0.2, 0.25) is 0 Å². The average molecular weight is 430 g/mol. The van der Waals surface area contributed by atoms with E-state index in [1.807, 2.05) is 0 Å². The summed E-state index contributed by atoms with van der Waals surface area (Å²) in [5.41, 5.74) is 2.33. The molecule has 0 bridgehead atoms. The molecular weight excluding hydrogens is 417 g/mol. The number of carbonyl (C=O) groups excluding carboxylic acids is 1. The molecule has 0 atom stereocenters. The Balaban J connectivity index is 1.77. The Bertz CT molecular complexity index is 1240. The second-order valence-electron chi connectivity index (χ2n) is 6.18. The summed E-state index contributed by atoms with van der Waals surface area (Å²) < 4.78 is 43.8. The van der Waals surface area contributed by atoms with Crippen LogP contribution in [0.15, 0.2) is 54.0 Å². The molecule has 0 fully saturated rings. The van der Waals surface area contributed by atoms with Crippen molar-refractivity contribution in [1.29, 1.82) is 0 Å². The third-order valence-corrected chi connectivity index (χ3v) is 4.91. The molecule has 4 rings (SSSR count). The van der Waals surface area contributed by atoms with Crippen molar-refractivity contribution in [1.82, 2.24) is 15.0 Å². The summed E-state index contributed by atoms with van der Waals surface area (Å²) >= 11 is 1.27. The van der Waals surface area contributed by atoms with Crippen LogP contribution >= 0.6 is 11.3 Å². The molecule has 0 spiro atoms. The lowest BCUT2D eigenvalue weighted by atomic mass is 10.1. The molecule has 2 heterocycles. The molecule has 2 aromatic heterocycles. The number of halogens is 3. The standard InChI is InChI=1S/C20H13F3N4O2S/c1-29-19(28)12-5-2-4-11(8-12)16-26-17(15-18(27-16)30-10-24-15)25-14-7-3-6-13(9-14)20(21,22)23/h2-10H,1H3,(H,25,26,27). The van der Waals surface area contributed by atoms with Gasteiger partial charge in [0.1, 0.15) is 10.3 Å². The molecule has 4 aromatic rings. The number of ether oxygens (including phenoxy) is 1. The molecule has 10 heteroatoms. The molecule has 152 valence electrons. The highest BCUT2D eigenvalue weighted by molar-refractivity contribution is 7.16. The maximum absolute atomic E-state index is 13.0. The zero-order chi connectivity index (χ0) is 21.3. The largest absolute Gasteiger partial charge is 0.465 e. The van der Waals surface area contributed by atoms with Crippen molar-refractivity contribution in [3.05, 3.63) is 65.2 Å². The number of methoxy groups -OCH3 is 1. The van der Waals surface area contributed by atoms with Gasteiger partial charge in [-0.05, 0) is 30.3 Å². The number of alkyl halides is 3. The van der Waals surface area contributed by atoms with E-state index in [9.17, 15) is 18.0 Å². The predicted octanol–water partition coefficient (Wildman–Crippen LogP) is 5.30. The molecule has 30 heavy (non-hydrogen) atoms. The second kappa shape index (κ2) is 7.71. The van der Waals surface area contributed by atoms with Crippen LogP contribution in [0.1, 0.15) is 15.9 Å². The van der Waals surface area contributed by atoms with Crippen LogP contribution in [0.4, 0.5) is 24.7 Å². The molecule has 0 amide bonds. The lowest BCUT2D eigenvalue weighted by molar-refractivity contribution is -0.137. The summed E-state index contributed by atoms with van der Waals surface area (Å²) in [4.78, 5) is 25.5. The van der Waals surface area contributed by atoms with Crippen molar-refractivity contribution in [2.24, 2.45) is 0 Å². The van der Waals surface area contributed by atoms with Crippen LogP contribution in [0.25, 0.3) is 21.7 Å². The molecule has 0 aliphatic rings. The smallest absolute Gasteiger partial charge is 0.416 e. The van der Waals surface area contributed by atoms with Gasteiger partial charge < -0.3 is 10.1 Å². The van der Waals surface area contributed by atoms with Crippen LogP contribution in [-0.2, 0) is 10.9 Å². The van der Waals surface area contributed by atoms with Crippen LogP contribution in [0.2, 0.25) is 0 Å². The summed E-state index contributed by atoms with van der Waals surface area (Å²) in [7, 11) is 1.28. The van der Waals surface area contributed by atoms with Crippen molar-refractivity contribution in [3.63, 3.8) is 0 Å². The third kappa shape index (κ3) is 3.94. The molecule has 0 aliphatic heterocycles. The van der Waals surface area contributed by atoms with Crippen molar-refractivity contribution in [2.45, 2.75) is 6.18 Å². The van der Waals surface area contributed by atoms with E-state index in [0.29, 0.717) is 27.3 Å².